The highest BCUT2D eigenvalue weighted by Gasteiger charge is 2.08. The molecule has 3 aromatic rings. The highest BCUT2D eigenvalue weighted by atomic mass is 35.5. The van der Waals surface area contributed by atoms with Gasteiger partial charge in [0.25, 0.3) is 0 Å². The van der Waals surface area contributed by atoms with Crippen LogP contribution in [-0.4, -0.2) is 9.97 Å². The van der Waals surface area contributed by atoms with Gasteiger partial charge in [0, 0.05) is 10.6 Å². The molecule has 4 heteroatoms. The molecule has 2 aromatic carbocycles. The molecule has 0 spiro atoms. The normalized spacial score (nSPS) is 11.0. The number of aryl methyl sites for hydroxylation is 2. The van der Waals surface area contributed by atoms with Crippen LogP contribution in [-0.2, 0) is 0 Å². The van der Waals surface area contributed by atoms with E-state index in [9.17, 15) is 0 Å². The second-order valence-corrected chi connectivity index (χ2v) is 5.65. The topological polar surface area (TPSA) is 25.8 Å². The van der Waals surface area contributed by atoms with Crippen molar-refractivity contribution in [3.8, 4) is 11.3 Å². The summed E-state index contributed by atoms with van der Waals surface area (Å²) in [4.78, 5) is 9.12. The summed E-state index contributed by atoms with van der Waals surface area (Å²) in [6.45, 7) is 4.14. The zero-order chi connectivity index (χ0) is 14.3. The second-order valence-electron chi connectivity index (χ2n) is 4.80. The van der Waals surface area contributed by atoms with Crippen LogP contribution in [0.2, 0.25) is 10.0 Å². The van der Waals surface area contributed by atoms with Crippen molar-refractivity contribution in [1.29, 1.82) is 0 Å². The molecule has 2 nitrogen and oxygen atoms in total. The summed E-state index contributed by atoms with van der Waals surface area (Å²) in [5.74, 6) is 0. The van der Waals surface area contributed by atoms with Crippen molar-refractivity contribution in [2.75, 3.05) is 0 Å². The Balaban J connectivity index is 2.20. The van der Waals surface area contributed by atoms with Gasteiger partial charge in [0.2, 0.25) is 0 Å². The van der Waals surface area contributed by atoms with Crippen molar-refractivity contribution in [3.63, 3.8) is 0 Å². The minimum absolute atomic E-state index is 0.579. The SMILES string of the molecule is Cc1cc2ncc(-c3ccc(Cl)cc3Cl)nc2cc1C. The van der Waals surface area contributed by atoms with Gasteiger partial charge in [0.1, 0.15) is 0 Å². The zero-order valence-electron chi connectivity index (χ0n) is 11.1. The van der Waals surface area contributed by atoms with E-state index in [1.165, 1.54) is 11.1 Å². The maximum absolute atomic E-state index is 6.22. The lowest BCUT2D eigenvalue weighted by Gasteiger charge is -2.07. The minimum Gasteiger partial charge on any atom is -0.252 e. The van der Waals surface area contributed by atoms with E-state index in [2.05, 4.69) is 23.8 Å². The molecular weight excluding hydrogens is 291 g/mol. The molecule has 0 unspecified atom stereocenters. The third-order valence-electron chi connectivity index (χ3n) is 3.36. The Morgan fingerprint density at radius 1 is 0.900 bits per heavy atom. The lowest BCUT2D eigenvalue weighted by molar-refractivity contribution is 1.26. The van der Waals surface area contributed by atoms with E-state index in [0.29, 0.717) is 10.0 Å². The van der Waals surface area contributed by atoms with Crippen LogP contribution in [0.1, 0.15) is 11.1 Å². The molecule has 0 fully saturated rings. The summed E-state index contributed by atoms with van der Waals surface area (Å²) >= 11 is 12.1. The van der Waals surface area contributed by atoms with E-state index >= 15 is 0 Å². The number of hydrogen-bond acceptors (Lipinski definition) is 2. The molecule has 0 N–H and O–H groups in total. The average Bonchev–Trinajstić information content (AvgIpc) is 2.40. The first kappa shape index (κ1) is 13.3. The number of hydrogen-bond donors (Lipinski definition) is 0. The first-order chi connectivity index (χ1) is 9.54. The first-order valence-electron chi connectivity index (χ1n) is 6.24. The van der Waals surface area contributed by atoms with Crippen molar-refractivity contribution in [1.82, 2.24) is 9.97 Å². The lowest BCUT2D eigenvalue weighted by atomic mass is 10.1. The van der Waals surface area contributed by atoms with Crippen molar-refractivity contribution in [3.05, 3.63) is 57.7 Å². The fourth-order valence-corrected chi connectivity index (χ4v) is 2.60. The maximum atomic E-state index is 6.22. The van der Waals surface area contributed by atoms with Crippen molar-refractivity contribution < 1.29 is 0 Å². The van der Waals surface area contributed by atoms with Crippen molar-refractivity contribution in [2.45, 2.75) is 13.8 Å². The van der Waals surface area contributed by atoms with Gasteiger partial charge >= 0.3 is 0 Å². The minimum atomic E-state index is 0.579. The number of halogens is 2. The summed E-state index contributed by atoms with van der Waals surface area (Å²) in [5.41, 5.74) is 5.76. The molecule has 0 aliphatic carbocycles. The van der Waals surface area contributed by atoms with Gasteiger partial charge in [-0.1, -0.05) is 23.2 Å². The Labute approximate surface area is 127 Å². The van der Waals surface area contributed by atoms with E-state index in [1.54, 1.807) is 18.3 Å². The van der Waals surface area contributed by atoms with Crippen molar-refractivity contribution >= 4 is 34.2 Å². The van der Waals surface area contributed by atoms with Crippen LogP contribution in [0.5, 0.6) is 0 Å². The van der Waals surface area contributed by atoms with Crippen LogP contribution in [0, 0.1) is 13.8 Å². The van der Waals surface area contributed by atoms with Gasteiger partial charge < -0.3 is 0 Å². The molecule has 1 heterocycles. The van der Waals surface area contributed by atoms with Crippen LogP contribution in [0.15, 0.2) is 36.5 Å². The average molecular weight is 303 g/mol. The molecule has 0 atom stereocenters. The Morgan fingerprint density at radius 3 is 2.30 bits per heavy atom. The largest absolute Gasteiger partial charge is 0.252 e. The molecule has 0 aliphatic heterocycles. The standard InChI is InChI=1S/C16H12Cl2N2/c1-9-5-14-15(6-10(9)2)20-16(8-19-14)12-4-3-11(17)7-13(12)18/h3-8H,1-2H3. The number of benzene rings is 2. The van der Waals surface area contributed by atoms with Gasteiger partial charge in [-0.2, -0.15) is 0 Å². The first-order valence-corrected chi connectivity index (χ1v) is 6.99. The molecule has 0 saturated heterocycles. The van der Waals surface area contributed by atoms with Crippen LogP contribution >= 0.6 is 23.2 Å². The molecule has 1 aromatic heterocycles. The van der Waals surface area contributed by atoms with Crippen molar-refractivity contribution in [2.24, 2.45) is 0 Å². The van der Waals surface area contributed by atoms with E-state index < -0.39 is 0 Å². The summed E-state index contributed by atoms with van der Waals surface area (Å²) in [6.07, 6.45) is 1.74. The van der Waals surface area contributed by atoms with Gasteiger partial charge in [0.15, 0.2) is 0 Å². The van der Waals surface area contributed by atoms with E-state index in [-0.39, 0.29) is 0 Å². The number of aromatic nitrogens is 2. The van der Waals surface area contributed by atoms with E-state index in [4.69, 9.17) is 23.2 Å². The van der Waals surface area contributed by atoms with Crippen LogP contribution in [0.3, 0.4) is 0 Å². The van der Waals surface area contributed by atoms with Gasteiger partial charge in [0.05, 0.1) is 27.9 Å². The Hall–Kier alpha value is -1.64. The van der Waals surface area contributed by atoms with E-state index in [1.807, 2.05) is 18.2 Å². The number of fused-ring (bicyclic) bond motifs is 1. The van der Waals surface area contributed by atoms with Gasteiger partial charge in [-0.3, -0.25) is 4.98 Å². The Bertz CT molecular complexity index is 813. The summed E-state index contributed by atoms with van der Waals surface area (Å²) in [6, 6.07) is 9.47. The quantitative estimate of drug-likeness (QED) is 0.616. The summed E-state index contributed by atoms with van der Waals surface area (Å²) < 4.78 is 0. The van der Waals surface area contributed by atoms with E-state index in [0.717, 1.165) is 22.3 Å². The predicted molar refractivity (Wildman–Crippen MR) is 84.5 cm³/mol. The van der Waals surface area contributed by atoms with Crippen LogP contribution in [0.4, 0.5) is 0 Å². The molecule has 0 radical (unpaired) electrons. The van der Waals surface area contributed by atoms with Crippen LogP contribution < -0.4 is 0 Å². The molecule has 20 heavy (non-hydrogen) atoms. The Morgan fingerprint density at radius 2 is 1.60 bits per heavy atom. The molecule has 0 aliphatic rings. The molecule has 0 bridgehead atoms. The third-order valence-corrected chi connectivity index (χ3v) is 3.91. The molecular formula is C16H12Cl2N2. The molecule has 3 rings (SSSR count). The number of nitrogens with zero attached hydrogens (tertiary/aromatic N) is 2. The molecule has 100 valence electrons. The number of rotatable bonds is 1. The highest BCUT2D eigenvalue weighted by molar-refractivity contribution is 6.36. The highest BCUT2D eigenvalue weighted by Crippen LogP contribution is 2.29. The third kappa shape index (κ3) is 2.37. The second kappa shape index (κ2) is 5.04. The lowest BCUT2D eigenvalue weighted by Crippen LogP contribution is -1.91. The zero-order valence-corrected chi connectivity index (χ0v) is 12.6. The fourth-order valence-electron chi connectivity index (χ4n) is 2.09. The monoisotopic (exact) mass is 302 g/mol. The summed E-state index contributed by atoms with van der Waals surface area (Å²) in [7, 11) is 0. The van der Waals surface area contributed by atoms with Gasteiger partial charge in [-0.15, -0.1) is 0 Å². The summed E-state index contributed by atoms with van der Waals surface area (Å²) in [5, 5.41) is 1.19. The maximum Gasteiger partial charge on any atom is 0.0908 e. The fraction of sp³-hybridized carbons (Fsp3) is 0.125. The van der Waals surface area contributed by atoms with Crippen LogP contribution in [0.25, 0.3) is 22.3 Å². The van der Waals surface area contributed by atoms with Gasteiger partial charge in [-0.05, 0) is 55.3 Å². The molecule has 0 amide bonds. The smallest absolute Gasteiger partial charge is 0.0908 e. The predicted octanol–water partition coefficient (Wildman–Crippen LogP) is 5.22. The Kier molecular flexibility index (Phi) is 3.36. The van der Waals surface area contributed by atoms with Gasteiger partial charge in [-0.25, -0.2) is 4.98 Å². The molecule has 0 saturated carbocycles.